The number of aliphatic carboxylic acids is 1. The van der Waals surface area contributed by atoms with Crippen LogP contribution in [0.25, 0.3) is 10.9 Å². The third-order valence-electron chi connectivity index (χ3n) is 6.45. The number of aliphatic hydroxyl groups excluding tert-OH is 1. The number of carbonyl (C=O) groups excluding carboxylic acids is 4. The van der Waals surface area contributed by atoms with Gasteiger partial charge in [-0.1, -0.05) is 48.5 Å². The highest BCUT2D eigenvalue weighted by atomic mass is 16.4. The molecule has 5 atom stereocenters. The summed E-state index contributed by atoms with van der Waals surface area (Å²) in [4.78, 5) is 65.4. The zero-order chi connectivity index (χ0) is 30.1. The maximum atomic E-state index is 13.1. The van der Waals surface area contributed by atoms with E-state index in [-0.39, 0.29) is 12.8 Å². The number of rotatable bonds is 14. The summed E-state index contributed by atoms with van der Waals surface area (Å²) in [5, 5.41) is 27.8. The molecule has 41 heavy (non-hydrogen) atoms. The van der Waals surface area contributed by atoms with Crippen molar-refractivity contribution in [3.8, 4) is 0 Å². The Bertz CT molecular complexity index is 1390. The number of hydrogen-bond acceptors (Lipinski definition) is 7. The number of hydrogen-bond donors (Lipinski definition) is 8. The summed E-state index contributed by atoms with van der Waals surface area (Å²) >= 11 is 0. The second-order valence-corrected chi connectivity index (χ2v) is 9.72. The first-order chi connectivity index (χ1) is 19.5. The third kappa shape index (κ3) is 8.62. The number of aliphatic hydroxyl groups is 1. The molecule has 0 saturated heterocycles. The molecule has 10 N–H and O–H groups in total. The van der Waals surface area contributed by atoms with E-state index in [0.29, 0.717) is 5.56 Å². The van der Waals surface area contributed by atoms with Crippen molar-refractivity contribution in [3.05, 3.63) is 71.9 Å². The summed E-state index contributed by atoms with van der Waals surface area (Å²) in [7, 11) is 0. The number of para-hydroxylation sites is 1. The first-order valence-corrected chi connectivity index (χ1v) is 12.9. The van der Waals surface area contributed by atoms with Crippen molar-refractivity contribution in [2.75, 3.05) is 0 Å². The van der Waals surface area contributed by atoms with Gasteiger partial charge < -0.3 is 42.6 Å². The molecule has 218 valence electrons. The van der Waals surface area contributed by atoms with Crippen molar-refractivity contribution < 1.29 is 34.2 Å². The molecule has 1 aromatic heterocycles. The van der Waals surface area contributed by atoms with Gasteiger partial charge in [-0.05, 0) is 30.5 Å². The molecule has 3 aromatic rings. The minimum Gasteiger partial charge on any atom is -0.480 e. The van der Waals surface area contributed by atoms with Gasteiger partial charge in [0.05, 0.1) is 18.6 Å². The predicted octanol–water partition coefficient (Wildman–Crippen LogP) is -0.924. The lowest BCUT2D eigenvalue weighted by Crippen LogP contribution is -2.60. The van der Waals surface area contributed by atoms with Gasteiger partial charge in [0.1, 0.15) is 18.1 Å². The number of nitrogens with one attached hydrogen (secondary N) is 4. The molecule has 0 aliphatic heterocycles. The molecule has 0 fully saturated rings. The van der Waals surface area contributed by atoms with Crippen molar-refractivity contribution in [2.45, 2.75) is 56.5 Å². The van der Waals surface area contributed by atoms with E-state index < -0.39 is 66.3 Å². The predicted molar refractivity (Wildman–Crippen MR) is 149 cm³/mol. The van der Waals surface area contributed by atoms with Crippen LogP contribution in [0.15, 0.2) is 60.8 Å². The number of nitrogens with two attached hydrogens (primary N) is 2. The Kier molecular flexibility index (Phi) is 10.6. The second-order valence-electron chi connectivity index (χ2n) is 9.72. The van der Waals surface area contributed by atoms with Crippen LogP contribution < -0.4 is 27.4 Å². The van der Waals surface area contributed by atoms with Gasteiger partial charge in [0.25, 0.3) is 0 Å². The van der Waals surface area contributed by atoms with Crippen LogP contribution in [0.4, 0.5) is 0 Å². The lowest BCUT2D eigenvalue weighted by Gasteiger charge is -2.26. The zero-order valence-corrected chi connectivity index (χ0v) is 22.4. The largest absolute Gasteiger partial charge is 0.480 e. The molecule has 0 spiro atoms. The molecule has 0 aliphatic carbocycles. The van der Waals surface area contributed by atoms with Crippen molar-refractivity contribution in [3.63, 3.8) is 0 Å². The Labute approximate surface area is 235 Å². The van der Waals surface area contributed by atoms with Gasteiger partial charge in [-0.15, -0.1) is 0 Å². The molecule has 0 saturated carbocycles. The minimum atomic E-state index is -1.61. The number of aromatic nitrogens is 1. The second kappa shape index (κ2) is 14.1. The van der Waals surface area contributed by atoms with E-state index in [2.05, 4.69) is 20.9 Å². The molecule has 3 rings (SSSR count). The van der Waals surface area contributed by atoms with Crippen LogP contribution in [-0.2, 0) is 36.8 Å². The first-order valence-electron chi connectivity index (χ1n) is 12.9. The Morgan fingerprint density at radius 1 is 0.854 bits per heavy atom. The van der Waals surface area contributed by atoms with Crippen molar-refractivity contribution >= 4 is 40.5 Å². The van der Waals surface area contributed by atoms with Crippen LogP contribution >= 0.6 is 0 Å². The smallest absolute Gasteiger partial charge is 0.326 e. The van der Waals surface area contributed by atoms with Crippen molar-refractivity contribution in [2.24, 2.45) is 11.5 Å². The summed E-state index contributed by atoms with van der Waals surface area (Å²) in [6.45, 7) is 1.22. The summed E-state index contributed by atoms with van der Waals surface area (Å²) in [6.07, 6.45) is -0.358. The Morgan fingerprint density at radius 2 is 1.49 bits per heavy atom. The van der Waals surface area contributed by atoms with Gasteiger partial charge in [0, 0.05) is 23.5 Å². The Balaban J connectivity index is 1.69. The average Bonchev–Trinajstić information content (AvgIpc) is 3.33. The number of benzene rings is 2. The summed E-state index contributed by atoms with van der Waals surface area (Å²) in [6, 6.07) is 10.6. The third-order valence-corrected chi connectivity index (χ3v) is 6.45. The molecular formula is C28H34N6O7. The zero-order valence-electron chi connectivity index (χ0n) is 22.4. The summed E-state index contributed by atoms with van der Waals surface area (Å²) < 4.78 is 0. The van der Waals surface area contributed by atoms with Crippen LogP contribution in [0.5, 0.6) is 0 Å². The SMILES string of the molecule is CC(O)C(NC(=O)C(CC(N)=O)NC(=O)C(N)Cc1ccccc1)C(=O)NC(Cc1c[nH]c2ccccc12)C(=O)O. The highest BCUT2D eigenvalue weighted by Crippen LogP contribution is 2.19. The van der Waals surface area contributed by atoms with Crippen molar-refractivity contribution in [1.29, 1.82) is 0 Å². The van der Waals surface area contributed by atoms with Crippen LogP contribution in [-0.4, -0.2) is 75.1 Å². The van der Waals surface area contributed by atoms with Gasteiger partial charge in [0.2, 0.25) is 23.6 Å². The molecule has 1 heterocycles. The van der Waals surface area contributed by atoms with E-state index >= 15 is 0 Å². The van der Waals surface area contributed by atoms with Gasteiger partial charge in [-0.3, -0.25) is 19.2 Å². The molecule has 2 aromatic carbocycles. The molecule has 13 heteroatoms. The monoisotopic (exact) mass is 566 g/mol. The van der Waals surface area contributed by atoms with E-state index in [9.17, 15) is 34.2 Å². The van der Waals surface area contributed by atoms with E-state index in [0.717, 1.165) is 16.5 Å². The Morgan fingerprint density at radius 3 is 2.12 bits per heavy atom. The topological polar surface area (TPSA) is 230 Å². The normalized spacial score (nSPS) is 14.7. The van der Waals surface area contributed by atoms with Crippen LogP contribution in [0.1, 0.15) is 24.5 Å². The molecule has 0 aliphatic rings. The maximum Gasteiger partial charge on any atom is 0.326 e. The molecule has 0 radical (unpaired) electrons. The number of amides is 4. The van der Waals surface area contributed by atoms with Crippen LogP contribution in [0.2, 0.25) is 0 Å². The fraction of sp³-hybridized carbons (Fsp3) is 0.321. The number of carbonyl (C=O) groups is 5. The minimum absolute atomic E-state index is 0.0782. The van der Waals surface area contributed by atoms with Gasteiger partial charge >= 0.3 is 5.97 Å². The summed E-state index contributed by atoms with van der Waals surface area (Å²) in [5.41, 5.74) is 13.4. The number of carboxylic acids is 1. The molecule has 0 bridgehead atoms. The number of H-pyrrole nitrogens is 1. The fourth-order valence-corrected chi connectivity index (χ4v) is 4.29. The van der Waals surface area contributed by atoms with Crippen molar-refractivity contribution in [1.82, 2.24) is 20.9 Å². The molecule has 5 unspecified atom stereocenters. The van der Waals surface area contributed by atoms with E-state index in [1.807, 2.05) is 12.1 Å². The number of aromatic amines is 1. The maximum absolute atomic E-state index is 13.1. The number of carboxylic acid groups (broad SMARTS) is 1. The van der Waals surface area contributed by atoms with Gasteiger partial charge in [0.15, 0.2) is 0 Å². The molecular weight excluding hydrogens is 532 g/mol. The lowest BCUT2D eigenvalue weighted by molar-refractivity contribution is -0.143. The van der Waals surface area contributed by atoms with Gasteiger partial charge in [-0.2, -0.15) is 0 Å². The van der Waals surface area contributed by atoms with Crippen LogP contribution in [0.3, 0.4) is 0 Å². The van der Waals surface area contributed by atoms with Crippen LogP contribution in [0, 0.1) is 0 Å². The highest BCUT2D eigenvalue weighted by Gasteiger charge is 2.33. The summed E-state index contributed by atoms with van der Waals surface area (Å²) in [5.74, 6) is -4.95. The number of fused-ring (bicyclic) bond motifs is 1. The highest BCUT2D eigenvalue weighted by molar-refractivity contribution is 5.96. The van der Waals surface area contributed by atoms with E-state index in [1.54, 1.807) is 48.7 Å². The van der Waals surface area contributed by atoms with E-state index in [4.69, 9.17) is 11.5 Å². The lowest BCUT2D eigenvalue weighted by atomic mass is 10.0. The molecule has 13 nitrogen and oxygen atoms in total. The fourth-order valence-electron chi connectivity index (χ4n) is 4.29. The quantitative estimate of drug-likeness (QED) is 0.121. The Hall–Kier alpha value is -4.75. The average molecular weight is 567 g/mol. The van der Waals surface area contributed by atoms with Gasteiger partial charge in [-0.25, -0.2) is 4.79 Å². The van der Waals surface area contributed by atoms with E-state index in [1.165, 1.54) is 6.92 Å². The number of primary amides is 1. The standard InChI is InChI=1S/C28H34N6O7/c1-15(35)24(27(39)33-22(28(40)41)12-17-14-31-20-10-6-5-9-18(17)20)34-26(38)21(13-23(30)36)32-25(37)19(29)11-16-7-3-2-4-8-16/h2-10,14-15,19,21-22,24,31,35H,11-13,29H2,1H3,(H2,30,36)(H,32,37)(H,33,39)(H,34,38)(H,40,41). The first kappa shape index (κ1) is 30.8. The molecule has 4 amide bonds.